The maximum absolute atomic E-state index is 12.0. The Morgan fingerprint density at radius 1 is 1.33 bits per heavy atom. The lowest BCUT2D eigenvalue weighted by atomic mass is 10.2. The van der Waals surface area contributed by atoms with Crippen LogP contribution >= 0.6 is 22.6 Å². The van der Waals surface area contributed by atoms with Crippen LogP contribution in [-0.4, -0.2) is 16.6 Å². The van der Waals surface area contributed by atoms with Gasteiger partial charge in [-0.15, -0.1) is 13.2 Å². The zero-order chi connectivity index (χ0) is 11.1. The van der Waals surface area contributed by atoms with Crippen LogP contribution in [0.1, 0.15) is 0 Å². The van der Waals surface area contributed by atoms with E-state index in [4.69, 9.17) is 0 Å². The number of nitrogens with zero attached hydrogens (tertiary/aromatic N) is 1. The number of aromatic nitrogens is 2. The highest BCUT2D eigenvalue weighted by Gasteiger charge is 2.32. The molecule has 0 spiro atoms. The molecule has 1 aromatic carbocycles. The Hall–Kier alpha value is -0.990. The molecular formula is C8H4F3IN2O. The molecule has 15 heavy (non-hydrogen) atoms. The highest BCUT2D eigenvalue weighted by molar-refractivity contribution is 14.1. The van der Waals surface area contributed by atoms with Crippen molar-refractivity contribution < 1.29 is 17.9 Å². The minimum absolute atomic E-state index is 0.211. The van der Waals surface area contributed by atoms with Crippen LogP contribution in [0.15, 0.2) is 18.3 Å². The topological polar surface area (TPSA) is 37.9 Å². The summed E-state index contributed by atoms with van der Waals surface area (Å²) < 4.78 is 40.2. The third kappa shape index (κ3) is 2.16. The molecule has 0 amide bonds. The van der Waals surface area contributed by atoms with Gasteiger partial charge in [0.15, 0.2) is 0 Å². The highest BCUT2D eigenvalue weighted by atomic mass is 127. The maximum Gasteiger partial charge on any atom is 0.573 e. The van der Waals surface area contributed by atoms with E-state index in [0.29, 0.717) is 14.5 Å². The lowest BCUT2D eigenvalue weighted by Crippen LogP contribution is -2.17. The van der Waals surface area contributed by atoms with Gasteiger partial charge in [-0.2, -0.15) is 5.10 Å². The van der Waals surface area contributed by atoms with Crippen molar-refractivity contribution >= 4 is 33.5 Å². The molecule has 2 aromatic rings. The molecule has 80 valence electrons. The van der Waals surface area contributed by atoms with E-state index in [1.807, 2.05) is 0 Å². The second kappa shape index (κ2) is 3.54. The largest absolute Gasteiger partial charge is 0.573 e. The Morgan fingerprint density at radius 3 is 2.73 bits per heavy atom. The van der Waals surface area contributed by atoms with E-state index in [-0.39, 0.29) is 5.75 Å². The van der Waals surface area contributed by atoms with Gasteiger partial charge in [0.25, 0.3) is 0 Å². The van der Waals surface area contributed by atoms with Crippen LogP contribution < -0.4 is 4.74 Å². The standard InChI is InChI=1S/C8H4F3IN2O/c9-8(10,11)15-6-2-1-5-4(7(6)12)3-13-14-5/h1-3H,(H,13,14). The smallest absolute Gasteiger partial charge is 0.405 e. The molecule has 0 saturated heterocycles. The SMILES string of the molecule is FC(F)(F)Oc1ccc2[nH]ncc2c1I. The molecule has 0 atom stereocenters. The van der Waals surface area contributed by atoms with Gasteiger partial charge in [0.1, 0.15) is 5.75 Å². The first-order chi connectivity index (χ1) is 6.97. The minimum Gasteiger partial charge on any atom is -0.405 e. The number of fused-ring (bicyclic) bond motifs is 1. The number of benzene rings is 1. The highest BCUT2D eigenvalue weighted by Crippen LogP contribution is 2.32. The monoisotopic (exact) mass is 328 g/mol. The van der Waals surface area contributed by atoms with Gasteiger partial charge in [-0.05, 0) is 34.7 Å². The van der Waals surface area contributed by atoms with Crippen molar-refractivity contribution in [3.05, 3.63) is 21.9 Å². The van der Waals surface area contributed by atoms with Crippen molar-refractivity contribution in [1.82, 2.24) is 10.2 Å². The molecular weight excluding hydrogens is 324 g/mol. The first-order valence-corrected chi connectivity index (χ1v) is 4.92. The molecule has 1 N–H and O–H groups in total. The van der Waals surface area contributed by atoms with Crippen molar-refractivity contribution in [1.29, 1.82) is 0 Å². The number of halogens is 4. The summed E-state index contributed by atoms with van der Waals surface area (Å²) in [4.78, 5) is 0. The number of rotatable bonds is 1. The van der Waals surface area contributed by atoms with Gasteiger partial charge in [-0.3, -0.25) is 5.10 Å². The minimum atomic E-state index is -4.67. The van der Waals surface area contributed by atoms with Gasteiger partial charge in [0, 0.05) is 5.39 Å². The second-order valence-electron chi connectivity index (χ2n) is 2.76. The molecule has 2 rings (SSSR count). The zero-order valence-corrected chi connectivity index (χ0v) is 9.26. The Balaban J connectivity index is 2.48. The third-order valence-electron chi connectivity index (χ3n) is 1.75. The first-order valence-electron chi connectivity index (χ1n) is 3.85. The Kier molecular flexibility index (Phi) is 2.49. The van der Waals surface area contributed by atoms with Gasteiger partial charge in [-0.1, -0.05) is 0 Å². The molecule has 3 nitrogen and oxygen atoms in total. The average molecular weight is 328 g/mol. The number of alkyl halides is 3. The summed E-state index contributed by atoms with van der Waals surface area (Å²) in [7, 11) is 0. The molecule has 1 heterocycles. The third-order valence-corrected chi connectivity index (χ3v) is 2.86. The summed E-state index contributed by atoms with van der Waals surface area (Å²) in [6.45, 7) is 0. The summed E-state index contributed by atoms with van der Waals surface area (Å²) in [5.74, 6) is -0.211. The number of aromatic amines is 1. The van der Waals surface area contributed by atoms with Crippen molar-refractivity contribution in [3.63, 3.8) is 0 Å². The number of H-pyrrole nitrogens is 1. The molecule has 0 aliphatic carbocycles. The fourth-order valence-electron chi connectivity index (χ4n) is 1.17. The van der Waals surface area contributed by atoms with Crippen LogP contribution in [-0.2, 0) is 0 Å². The number of hydrogen-bond donors (Lipinski definition) is 1. The Bertz CT molecular complexity index is 494. The molecule has 1 aromatic heterocycles. The summed E-state index contributed by atoms with van der Waals surface area (Å²) in [5, 5.41) is 7.00. The van der Waals surface area contributed by atoms with Crippen LogP contribution in [0, 0.1) is 3.57 Å². The van der Waals surface area contributed by atoms with Crippen LogP contribution in [0.25, 0.3) is 10.9 Å². The fourth-order valence-corrected chi connectivity index (χ4v) is 1.89. The summed E-state index contributed by atoms with van der Waals surface area (Å²) >= 11 is 1.79. The van der Waals surface area contributed by atoms with Crippen molar-refractivity contribution in [2.45, 2.75) is 6.36 Å². The number of hydrogen-bond acceptors (Lipinski definition) is 2. The first kappa shape index (κ1) is 10.5. The van der Waals surface area contributed by atoms with E-state index >= 15 is 0 Å². The van der Waals surface area contributed by atoms with Crippen molar-refractivity contribution in [3.8, 4) is 5.75 Å². The number of ether oxygens (including phenoxy) is 1. The van der Waals surface area contributed by atoms with Gasteiger partial charge in [0.05, 0.1) is 15.3 Å². The molecule has 7 heteroatoms. The molecule has 0 aliphatic rings. The molecule has 0 saturated carbocycles. The van der Waals surface area contributed by atoms with E-state index in [1.54, 1.807) is 22.6 Å². The molecule has 0 fully saturated rings. The van der Waals surface area contributed by atoms with Crippen LogP contribution in [0.5, 0.6) is 5.75 Å². The van der Waals surface area contributed by atoms with E-state index in [0.717, 1.165) is 0 Å². The van der Waals surface area contributed by atoms with Gasteiger partial charge >= 0.3 is 6.36 Å². The van der Waals surface area contributed by atoms with E-state index in [9.17, 15) is 13.2 Å². The van der Waals surface area contributed by atoms with E-state index in [2.05, 4.69) is 14.9 Å². The van der Waals surface area contributed by atoms with Crippen LogP contribution in [0.3, 0.4) is 0 Å². The van der Waals surface area contributed by atoms with Crippen LogP contribution in [0.2, 0.25) is 0 Å². The molecule has 0 bridgehead atoms. The predicted octanol–water partition coefficient (Wildman–Crippen LogP) is 3.07. The lowest BCUT2D eigenvalue weighted by Gasteiger charge is -2.10. The fraction of sp³-hybridized carbons (Fsp3) is 0.125. The summed E-state index contributed by atoms with van der Waals surface area (Å²) in [6, 6.07) is 2.75. The van der Waals surface area contributed by atoms with Gasteiger partial charge < -0.3 is 4.74 Å². The molecule has 0 radical (unpaired) electrons. The normalized spacial score (nSPS) is 12.0. The lowest BCUT2D eigenvalue weighted by molar-refractivity contribution is -0.274. The molecule has 0 aliphatic heterocycles. The van der Waals surface area contributed by atoms with Gasteiger partial charge in [-0.25, -0.2) is 0 Å². The summed E-state index contributed by atoms with van der Waals surface area (Å²) in [5.41, 5.74) is 0.675. The Labute approximate surface area is 95.7 Å². The van der Waals surface area contributed by atoms with E-state index < -0.39 is 6.36 Å². The maximum atomic E-state index is 12.0. The summed E-state index contributed by atoms with van der Waals surface area (Å²) in [6.07, 6.45) is -3.21. The zero-order valence-electron chi connectivity index (χ0n) is 7.10. The quantitative estimate of drug-likeness (QED) is 0.817. The Morgan fingerprint density at radius 2 is 2.07 bits per heavy atom. The number of nitrogens with one attached hydrogen (secondary N) is 1. The van der Waals surface area contributed by atoms with Gasteiger partial charge in [0.2, 0.25) is 0 Å². The van der Waals surface area contributed by atoms with E-state index in [1.165, 1.54) is 18.3 Å². The molecule has 0 unspecified atom stereocenters. The van der Waals surface area contributed by atoms with Crippen LogP contribution in [0.4, 0.5) is 13.2 Å². The van der Waals surface area contributed by atoms with Crippen molar-refractivity contribution in [2.75, 3.05) is 0 Å². The second-order valence-corrected chi connectivity index (χ2v) is 3.84. The average Bonchev–Trinajstić information content (AvgIpc) is 2.56. The van der Waals surface area contributed by atoms with Crippen molar-refractivity contribution in [2.24, 2.45) is 0 Å². The predicted molar refractivity (Wildman–Crippen MR) is 55.5 cm³/mol.